The lowest BCUT2D eigenvalue weighted by Gasteiger charge is -2.14. The van der Waals surface area contributed by atoms with Crippen molar-refractivity contribution in [2.75, 3.05) is 0 Å². The Labute approximate surface area is 189 Å². The Kier molecular flexibility index (Phi) is 5.93. The third kappa shape index (κ3) is 4.42. The molecule has 0 aliphatic rings. The largest absolute Gasteiger partial charge is 0.346 e. The summed E-state index contributed by atoms with van der Waals surface area (Å²) in [5.41, 5.74) is 4.70. The summed E-state index contributed by atoms with van der Waals surface area (Å²) < 4.78 is 2.97. The lowest BCUT2D eigenvalue weighted by atomic mass is 10.1. The van der Waals surface area contributed by atoms with Gasteiger partial charge in [0.25, 0.3) is 5.91 Å². The van der Waals surface area contributed by atoms with Gasteiger partial charge in [0.05, 0.1) is 23.8 Å². The molecule has 0 radical (unpaired) electrons. The van der Waals surface area contributed by atoms with Crippen LogP contribution in [-0.4, -0.2) is 15.7 Å². The van der Waals surface area contributed by atoms with Crippen molar-refractivity contribution in [1.29, 1.82) is 0 Å². The van der Waals surface area contributed by atoms with Gasteiger partial charge in [0, 0.05) is 20.4 Å². The molecule has 1 amide bonds. The zero-order valence-corrected chi connectivity index (χ0v) is 19.0. The number of hydrogen-bond acceptors (Lipinski definition) is 2. The topological polar surface area (TPSA) is 46.9 Å². The minimum atomic E-state index is -0.0998. The first-order valence-electron chi connectivity index (χ1n) is 9.68. The monoisotopic (exact) mass is 481 g/mol. The van der Waals surface area contributed by atoms with Crippen molar-refractivity contribution in [3.63, 3.8) is 0 Å². The van der Waals surface area contributed by atoms with Crippen LogP contribution >= 0.6 is 27.5 Å². The van der Waals surface area contributed by atoms with Gasteiger partial charge in [0.2, 0.25) is 0 Å². The van der Waals surface area contributed by atoms with Crippen molar-refractivity contribution in [1.82, 2.24) is 15.1 Å². The van der Waals surface area contributed by atoms with Gasteiger partial charge in [-0.2, -0.15) is 5.10 Å². The van der Waals surface area contributed by atoms with Crippen LogP contribution in [0.5, 0.6) is 0 Å². The standard InChI is InChI=1S/C24H21BrClN3O/c1-15(18-5-8-20(25)9-6-18)27-24(30)19-7-12-23-22(13-19)16(2)28-29(23)14-17-3-10-21(26)11-4-17/h3-13,15H,14H2,1-2H3,(H,27,30). The SMILES string of the molecule is Cc1nn(Cc2ccc(Cl)cc2)c2ccc(C(=O)NC(C)c3ccc(Br)cc3)cc12. The summed E-state index contributed by atoms with van der Waals surface area (Å²) >= 11 is 9.42. The molecule has 0 fully saturated rings. The minimum absolute atomic E-state index is 0.0879. The average Bonchev–Trinajstić information content (AvgIpc) is 3.05. The normalized spacial score (nSPS) is 12.1. The summed E-state index contributed by atoms with van der Waals surface area (Å²) in [4.78, 5) is 12.8. The van der Waals surface area contributed by atoms with E-state index in [1.54, 1.807) is 0 Å². The van der Waals surface area contributed by atoms with E-state index < -0.39 is 0 Å². The number of benzene rings is 3. The van der Waals surface area contributed by atoms with Gasteiger partial charge >= 0.3 is 0 Å². The molecule has 30 heavy (non-hydrogen) atoms. The van der Waals surface area contributed by atoms with Crippen molar-refractivity contribution in [3.05, 3.63) is 98.6 Å². The molecule has 0 saturated carbocycles. The van der Waals surface area contributed by atoms with Crippen LogP contribution in [0.1, 0.15) is 40.1 Å². The molecule has 0 spiro atoms. The molecule has 6 heteroatoms. The molecule has 0 aliphatic carbocycles. The van der Waals surface area contributed by atoms with Crippen molar-refractivity contribution >= 4 is 44.3 Å². The van der Waals surface area contributed by atoms with Crippen molar-refractivity contribution in [2.45, 2.75) is 26.4 Å². The van der Waals surface area contributed by atoms with Gasteiger partial charge in [-0.25, -0.2) is 0 Å². The summed E-state index contributed by atoms with van der Waals surface area (Å²) in [6.45, 7) is 4.59. The number of carbonyl (C=O) groups excluding carboxylic acids is 1. The van der Waals surface area contributed by atoms with Crippen LogP contribution in [0, 0.1) is 6.92 Å². The first-order valence-corrected chi connectivity index (χ1v) is 10.9. The Balaban J connectivity index is 1.55. The minimum Gasteiger partial charge on any atom is -0.346 e. The molecule has 4 aromatic rings. The average molecular weight is 483 g/mol. The summed E-state index contributed by atoms with van der Waals surface area (Å²) in [5.74, 6) is -0.0998. The van der Waals surface area contributed by atoms with Gasteiger partial charge in [-0.05, 0) is 67.4 Å². The molecule has 0 aliphatic heterocycles. The molecule has 152 valence electrons. The summed E-state index contributed by atoms with van der Waals surface area (Å²) in [6.07, 6.45) is 0. The number of nitrogens with zero attached hydrogens (tertiary/aromatic N) is 2. The third-order valence-corrected chi connectivity index (χ3v) is 5.94. The number of halogens is 2. The van der Waals surface area contributed by atoms with E-state index in [0.29, 0.717) is 17.1 Å². The van der Waals surface area contributed by atoms with E-state index in [2.05, 4.69) is 26.3 Å². The Morgan fingerprint density at radius 2 is 1.80 bits per heavy atom. The molecule has 1 atom stereocenters. The number of hydrogen-bond donors (Lipinski definition) is 1. The highest BCUT2D eigenvalue weighted by Gasteiger charge is 2.15. The molecule has 1 heterocycles. The fraction of sp³-hybridized carbons (Fsp3) is 0.167. The van der Waals surface area contributed by atoms with Crippen LogP contribution in [0.4, 0.5) is 0 Å². The van der Waals surface area contributed by atoms with E-state index in [4.69, 9.17) is 11.6 Å². The van der Waals surface area contributed by atoms with Crippen molar-refractivity contribution in [3.8, 4) is 0 Å². The maximum Gasteiger partial charge on any atom is 0.251 e. The van der Waals surface area contributed by atoms with Crippen LogP contribution in [0.15, 0.2) is 71.2 Å². The van der Waals surface area contributed by atoms with E-state index in [9.17, 15) is 4.79 Å². The highest BCUT2D eigenvalue weighted by molar-refractivity contribution is 9.10. The molecule has 1 unspecified atom stereocenters. The van der Waals surface area contributed by atoms with Gasteiger partial charge in [0.15, 0.2) is 0 Å². The molecule has 3 aromatic carbocycles. The van der Waals surface area contributed by atoms with Crippen LogP contribution in [-0.2, 0) is 6.54 Å². The smallest absolute Gasteiger partial charge is 0.251 e. The van der Waals surface area contributed by atoms with Gasteiger partial charge in [-0.1, -0.05) is 51.8 Å². The van der Waals surface area contributed by atoms with Gasteiger partial charge in [-0.3, -0.25) is 9.48 Å². The molecule has 4 rings (SSSR count). The van der Waals surface area contributed by atoms with Crippen LogP contribution in [0.3, 0.4) is 0 Å². The number of carbonyl (C=O) groups is 1. The lowest BCUT2D eigenvalue weighted by molar-refractivity contribution is 0.0940. The van der Waals surface area contributed by atoms with Crippen LogP contribution in [0.2, 0.25) is 5.02 Å². The van der Waals surface area contributed by atoms with Gasteiger partial charge < -0.3 is 5.32 Å². The second-order valence-electron chi connectivity index (χ2n) is 7.35. The fourth-order valence-corrected chi connectivity index (χ4v) is 3.87. The van der Waals surface area contributed by atoms with Gasteiger partial charge in [0.1, 0.15) is 0 Å². The molecule has 4 nitrogen and oxygen atoms in total. The first-order chi connectivity index (χ1) is 14.4. The highest BCUT2D eigenvalue weighted by atomic mass is 79.9. The van der Waals surface area contributed by atoms with Crippen molar-refractivity contribution in [2.24, 2.45) is 0 Å². The number of fused-ring (bicyclic) bond motifs is 1. The Morgan fingerprint density at radius 3 is 2.50 bits per heavy atom. The zero-order chi connectivity index (χ0) is 21.3. The van der Waals surface area contributed by atoms with E-state index >= 15 is 0 Å². The molecular formula is C24H21BrClN3O. The number of aryl methyl sites for hydroxylation is 1. The molecule has 1 N–H and O–H groups in total. The quantitative estimate of drug-likeness (QED) is 0.363. The van der Waals surface area contributed by atoms with Crippen LogP contribution in [0.25, 0.3) is 10.9 Å². The second-order valence-corrected chi connectivity index (χ2v) is 8.70. The fourth-order valence-electron chi connectivity index (χ4n) is 3.48. The molecule has 0 saturated heterocycles. The number of aromatic nitrogens is 2. The van der Waals surface area contributed by atoms with E-state index in [1.165, 1.54) is 0 Å². The number of amides is 1. The maximum atomic E-state index is 12.8. The lowest BCUT2D eigenvalue weighted by Crippen LogP contribution is -2.26. The Hall–Kier alpha value is -2.63. The Bertz CT molecular complexity index is 1200. The Morgan fingerprint density at radius 1 is 1.10 bits per heavy atom. The molecule has 1 aromatic heterocycles. The molecule has 0 bridgehead atoms. The second kappa shape index (κ2) is 8.62. The molecular weight excluding hydrogens is 462 g/mol. The summed E-state index contributed by atoms with van der Waals surface area (Å²) in [5, 5.41) is 9.44. The number of rotatable bonds is 5. The third-order valence-electron chi connectivity index (χ3n) is 5.16. The highest BCUT2D eigenvalue weighted by Crippen LogP contribution is 2.22. The maximum absolute atomic E-state index is 12.8. The first kappa shape index (κ1) is 20.6. The van der Waals surface area contributed by atoms with E-state index in [1.807, 2.05) is 85.3 Å². The van der Waals surface area contributed by atoms with E-state index in [-0.39, 0.29) is 11.9 Å². The van der Waals surface area contributed by atoms with E-state index in [0.717, 1.165) is 32.2 Å². The summed E-state index contributed by atoms with van der Waals surface area (Å²) in [7, 11) is 0. The summed E-state index contributed by atoms with van der Waals surface area (Å²) in [6, 6.07) is 21.4. The zero-order valence-electron chi connectivity index (χ0n) is 16.7. The van der Waals surface area contributed by atoms with Crippen molar-refractivity contribution < 1.29 is 4.79 Å². The van der Waals surface area contributed by atoms with Gasteiger partial charge in [-0.15, -0.1) is 0 Å². The predicted octanol–water partition coefficient (Wildman–Crippen LogP) is 6.30. The van der Waals surface area contributed by atoms with Crippen LogP contribution < -0.4 is 5.32 Å². The predicted molar refractivity (Wildman–Crippen MR) is 125 cm³/mol. The number of nitrogens with one attached hydrogen (secondary N) is 1.